The predicted molar refractivity (Wildman–Crippen MR) is 80.3 cm³/mol. The lowest BCUT2D eigenvalue weighted by Gasteiger charge is -2.09. The summed E-state index contributed by atoms with van der Waals surface area (Å²) in [6.45, 7) is 0. The number of nitrogens with one attached hydrogen (secondary N) is 1. The highest BCUT2D eigenvalue weighted by atomic mass is 35.5. The van der Waals surface area contributed by atoms with Crippen LogP contribution in [0.25, 0.3) is 0 Å². The number of hydrogen-bond donors (Lipinski definition) is 2. The van der Waals surface area contributed by atoms with Crippen molar-refractivity contribution in [2.24, 2.45) is 0 Å². The Bertz CT molecular complexity index is 644. The van der Waals surface area contributed by atoms with Gasteiger partial charge in [0, 0.05) is 15.7 Å². The first-order chi connectivity index (χ1) is 8.97. The third-order valence-corrected chi connectivity index (χ3v) is 3.22. The summed E-state index contributed by atoms with van der Waals surface area (Å²) in [5.74, 6) is -0.363. The highest BCUT2D eigenvalue weighted by Crippen LogP contribution is 2.26. The Morgan fingerprint density at radius 1 is 1.00 bits per heavy atom. The second-order valence-corrected chi connectivity index (χ2v) is 5.09. The second kappa shape index (κ2) is 5.70. The minimum atomic E-state index is -0.363. The molecular weight excluding hydrogens is 307 g/mol. The van der Waals surface area contributed by atoms with Crippen molar-refractivity contribution in [3.05, 3.63) is 57.0 Å². The van der Waals surface area contributed by atoms with Crippen LogP contribution >= 0.6 is 34.8 Å². The van der Waals surface area contributed by atoms with Gasteiger partial charge in [-0.25, -0.2) is 0 Å². The number of halogens is 3. The van der Waals surface area contributed by atoms with E-state index in [9.17, 15) is 4.79 Å². The Morgan fingerprint density at radius 3 is 2.26 bits per heavy atom. The fourth-order valence-corrected chi connectivity index (χ4v) is 2.16. The van der Waals surface area contributed by atoms with Crippen LogP contribution < -0.4 is 11.1 Å². The summed E-state index contributed by atoms with van der Waals surface area (Å²) in [5.41, 5.74) is 6.83. The quantitative estimate of drug-likeness (QED) is 0.803. The Balaban J connectivity index is 2.25. The van der Waals surface area contributed by atoms with Gasteiger partial charge >= 0.3 is 0 Å². The molecule has 0 aliphatic heterocycles. The van der Waals surface area contributed by atoms with Crippen molar-refractivity contribution in [3.8, 4) is 0 Å². The number of nitrogens with two attached hydrogens (primary N) is 1. The predicted octanol–water partition coefficient (Wildman–Crippen LogP) is 4.48. The van der Waals surface area contributed by atoms with Gasteiger partial charge in [0.05, 0.1) is 16.3 Å². The maximum atomic E-state index is 12.1. The maximum absolute atomic E-state index is 12.1. The van der Waals surface area contributed by atoms with Crippen molar-refractivity contribution >= 4 is 52.1 Å². The van der Waals surface area contributed by atoms with Gasteiger partial charge in [0.2, 0.25) is 0 Å². The average molecular weight is 316 g/mol. The Kier molecular flexibility index (Phi) is 4.20. The van der Waals surface area contributed by atoms with Gasteiger partial charge < -0.3 is 11.1 Å². The molecule has 0 aliphatic rings. The van der Waals surface area contributed by atoms with Crippen LogP contribution in [0, 0.1) is 0 Å². The van der Waals surface area contributed by atoms with Crippen LogP contribution in [0.3, 0.4) is 0 Å². The Morgan fingerprint density at radius 2 is 1.63 bits per heavy atom. The molecule has 2 rings (SSSR count). The lowest BCUT2D eigenvalue weighted by Crippen LogP contribution is -2.14. The van der Waals surface area contributed by atoms with E-state index in [1.54, 1.807) is 30.3 Å². The average Bonchev–Trinajstić information content (AvgIpc) is 2.32. The van der Waals surface area contributed by atoms with Crippen LogP contribution in [0.1, 0.15) is 10.4 Å². The summed E-state index contributed by atoms with van der Waals surface area (Å²) < 4.78 is 0. The molecule has 0 saturated heterocycles. The summed E-state index contributed by atoms with van der Waals surface area (Å²) in [5, 5.41) is 3.98. The van der Waals surface area contributed by atoms with Gasteiger partial charge in [0.25, 0.3) is 5.91 Å². The van der Waals surface area contributed by atoms with E-state index in [4.69, 9.17) is 40.5 Å². The lowest BCUT2D eigenvalue weighted by molar-refractivity contribution is 0.102. The smallest absolute Gasteiger partial charge is 0.257 e. The monoisotopic (exact) mass is 314 g/mol. The van der Waals surface area contributed by atoms with Gasteiger partial charge in [-0.05, 0) is 36.4 Å². The minimum Gasteiger partial charge on any atom is -0.398 e. The van der Waals surface area contributed by atoms with Gasteiger partial charge in [0.15, 0.2) is 0 Å². The molecule has 3 nitrogen and oxygen atoms in total. The topological polar surface area (TPSA) is 55.1 Å². The molecule has 1 amide bonds. The van der Waals surface area contributed by atoms with Gasteiger partial charge in [-0.1, -0.05) is 34.8 Å². The van der Waals surface area contributed by atoms with E-state index in [1.165, 1.54) is 6.07 Å². The van der Waals surface area contributed by atoms with Crippen LogP contribution in [0.5, 0.6) is 0 Å². The first-order valence-corrected chi connectivity index (χ1v) is 6.42. The summed E-state index contributed by atoms with van der Waals surface area (Å²) in [4.78, 5) is 12.1. The largest absolute Gasteiger partial charge is 0.398 e. The van der Waals surface area contributed by atoms with Crippen LogP contribution in [-0.4, -0.2) is 5.91 Å². The zero-order chi connectivity index (χ0) is 14.0. The summed E-state index contributed by atoms with van der Waals surface area (Å²) in [6.07, 6.45) is 0. The molecule has 0 radical (unpaired) electrons. The van der Waals surface area contributed by atoms with Crippen molar-refractivity contribution in [1.82, 2.24) is 0 Å². The first-order valence-electron chi connectivity index (χ1n) is 5.29. The minimum absolute atomic E-state index is 0.301. The fraction of sp³-hybridized carbons (Fsp3) is 0. The standard InChI is InChI=1S/C13H9Cl3N2O/c14-7-2-4-12(10(16)5-7)18-13(19)9-3-1-8(15)6-11(9)17/h1-6H,17H2,(H,18,19). The number of benzene rings is 2. The van der Waals surface area contributed by atoms with Crippen LogP contribution in [0.4, 0.5) is 11.4 Å². The van der Waals surface area contributed by atoms with Gasteiger partial charge in [-0.3, -0.25) is 4.79 Å². The number of carbonyl (C=O) groups excluding carboxylic acids is 1. The van der Waals surface area contributed by atoms with E-state index in [0.29, 0.717) is 32.0 Å². The van der Waals surface area contributed by atoms with Crippen LogP contribution in [-0.2, 0) is 0 Å². The molecule has 0 saturated carbocycles. The van der Waals surface area contributed by atoms with Gasteiger partial charge in [-0.2, -0.15) is 0 Å². The van der Waals surface area contributed by atoms with E-state index < -0.39 is 0 Å². The number of anilines is 2. The molecule has 2 aromatic rings. The fourth-order valence-electron chi connectivity index (χ4n) is 1.52. The zero-order valence-corrected chi connectivity index (χ0v) is 11.9. The normalized spacial score (nSPS) is 10.3. The van der Waals surface area contributed by atoms with Crippen molar-refractivity contribution in [2.45, 2.75) is 0 Å². The van der Waals surface area contributed by atoms with Crippen molar-refractivity contribution in [1.29, 1.82) is 0 Å². The molecular formula is C13H9Cl3N2O. The molecule has 0 fully saturated rings. The highest BCUT2D eigenvalue weighted by Gasteiger charge is 2.12. The van der Waals surface area contributed by atoms with E-state index in [-0.39, 0.29) is 5.91 Å². The number of amides is 1. The third kappa shape index (κ3) is 3.32. The molecule has 0 heterocycles. The van der Waals surface area contributed by atoms with E-state index in [1.807, 2.05) is 0 Å². The summed E-state index contributed by atoms with van der Waals surface area (Å²) in [7, 11) is 0. The zero-order valence-electron chi connectivity index (χ0n) is 9.58. The second-order valence-electron chi connectivity index (χ2n) is 3.81. The van der Waals surface area contributed by atoms with Crippen LogP contribution in [0.15, 0.2) is 36.4 Å². The SMILES string of the molecule is Nc1cc(Cl)ccc1C(=O)Nc1ccc(Cl)cc1Cl. The van der Waals surface area contributed by atoms with Gasteiger partial charge in [0.1, 0.15) is 0 Å². The molecule has 2 aromatic carbocycles. The first kappa shape index (κ1) is 14.0. The third-order valence-electron chi connectivity index (χ3n) is 2.44. The highest BCUT2D eigenvalue weighted by molar-refractivity contribution is 6.37. The number of carbonyl (C=O) groups is 1. The maximum Gasteiger partial charge on any atom is 0.257 e. The van der Waals surface area contributed by atoms with Gasteiger partial charge in [-0.15, -0.1) is 0 Å². The van der Waals surface area contributed by atoms with E-state index in [0.717, 1.165) is 0 Å². The Hall–Kier alpha value is -1.42. The molecule has 98 valence electrons. The van der Waals surface area contributed by atoms with Crippen molar-refractivity contribution in [3.63, 3.8) is 0 Å². The molecule has 0 unspecified atom stereocenters. The molecule has 0 aliphatic carbocycles. The number of nitrogen functional groups attached to an aromatic ring is 1. The molecule has 0 aromatic heterocycles. The lowest BCUT2D eigenvalue weighted by atomic mass is 10.1. The number of hydrogen-bond acceptors (Lipinski definition) is 2. The summed E-state index contributed by atoms with van der Waals surface area (Å²) >= 11 is 17.5. The molecule has 3 N–H and O–H groups in total. The van der Waals surface area contributed by atoms with Crippen molar-refractivity contribution in [2.75, 3.05) is 11.1 Å². The van der Waals surface area contributed by atoms with Crippen molar-refractivity contribution < 1.29 is 4.79 Å². The number of rotatable bonds is 2. The van der Waals surface area contributed by atoms with Crippen LogP contribution in [0.2, 0.25) is 15.1 Å². The molecule has 0 atom stereocenters. The molecule has 19 heavy (non-hydrogen) atoms. The van der Waals surface area contributed by atoms with E-state index in [2.05, 4.69) is 5.32 Å². The summed E-state index contributed by atoms with van der Waals surface area (Å²) in [6, 6.07) is 9.46. The molecule has 0 spiro atoms. The molecule has 0 bridgehead atoms. The van der Waals surface area contributed by atoms with E-state index >= 15 is 0 Å². The molecule has 6 heteroatoms. The Labute approximate surface area is 125 Å².